The standard InChI is InChI=1S/C23H21ClFN5O/c1-13-3-6-21(30-26-7-8-27-30)17(9-13)23(31)29-12-15(25)10-22(29)20-11-16-14(2)18(24)4-5-19(16)28-20/h3-9,15,22H,10-12H2,1-2H3/t15-,22-/m0/s1. The normalized spacial score (nSPS) is 20.1. The third kappa shape index (κ3) is 3.43. The molecule has 0 aliphatic carbocycles. The number of hydrogen-bond donors (Lipinski definition) is 0. The van der Waals surface area contributed by atoms with Crippen LogP contribution in [0.25, 0.3) is 5.69 Å². The van der Waals surface area contributed by atoms with Gasteiger partial charge in [-0.3, -0.25) is 9.79 Å². The topological polar surface area (TPSA) is 63.4 Å². The van der Waals surface area contributed by atoms with Crippen LogP contribution in [0.1, 0.15) is 33.5 Å². The largest absolute Gasteiger partial charge is 0.327 e. The first-order valence-corrected chi connectivity index (χ1v) is 10.6. The van der Waals surface area contributed by atoms with E-state index in [9.17, 15) is 9.18 Å². The van der Waals surface area contributed by atoms with Gasteiger partial charge in [-0.1, -0.05) is 23.2 Å². The van der Waals surface area contributed by atoms with Crippen molar-refractivity contribution in [2.45, 2.75) is 38.9 Å². The predicted octanol–water partition coefficient (Wildman–Crippen LogP) is 4.42. The van der Waals surface area contributed by atoms with E-state index in [4.69, 9.17) is 16.6 Å². The second-order valence-electron chi connectivity index (χ2n) is 8.10. The van der Waals surface area contributed by atoms with Gasteiger partial charge in [-0.05, 0) is 49.2 Å². The summed E-state index contributed by atoms with van der Waals surface area (Å²) in [5.74, 6) is -0.241. The molecule has 2 atom stereocenters. The molecule has 0 saturated carbocycles. The van der Waals surface area contributed by atoms with E-state index in [2.05, 4.69) is 10.2 Å². The van der Waals surface area contributed by atoms with E-state index < -0.39 is 12.2 Å². The van der Waals surface area contributed by atoms with Crippen LogP contribution in [0, 0.1) is 13.8 Å². The van der Waals surface area contributed by atoms with E-state index in [-0.39, 0.29) is 18.9 Å². The van der Waals surface area contributed by atoms with Crippen LogP contribution in [0.5, 0.6) is 0 Å². The van der Waals surface area contributed by atoms with E-state index in [1.165, 1.54) is 4.80 Å². The number of nitrogens with zero attached hydrogens (tertiary/aromatic N) is 5. The number of aliphatic imine (C=N–C) groups is 1. The molecule has 1 amide bonds. The molecule has 2 aromatic carbocycles. The van der Waals surface area contributed by atoms with Gasteiger partial charge in [0.05, 0.1) is 41.9 Å². The number of likely N-dealkylation sites (tertiary alicyclic amines) is 1. The molecule has 0 unspecified atom stereocenters. The summed E-state index contributed by atoms with van der Waals surface area (Å²) in [6.07, 6.45) is 2.84. The maximum Gasteiger partial charge on any atom is 0.256 e. The second kappa shape index (κ2) is 7.57. The maximum atomic E-state index is 14.6. The van der Waals surface area contributed by atoms with Crippen molar-refractivity contribution >= 4 is 28.9 Å². The first-order valence-electron chi connectivity index (χ1n) is 10.2. The van der Waals surface area contributed by atoms with Crippen LogP contribution in [0.3, 0.4) is 0 Å². The number of aromatic nitrogens is 3. The summed E-state index contributed by atoms with van der Waals surface area (Å²) in [7, 11) is 0. The molecule has 3 heterocycles. The number of benzene rings is 2. The minimum atomic E-state index is -1.10. The number of carbonyl (C=O) groups excluding carboxylic acids is 1. The van der Waals surface area contributed by atoms with E-state index >= 15 is 0 Å². The average Bonchev–Trinajstić information content (AvgIpc) is 3.49. The van der Waals surface area contributed by atoms with Crippen molar-refractivity contribution in [3.8, 4) is 5.69 Å². The van der Waals surface area contributed by atoms with Gasteiger partial charge >= 0.3 is 0 Å². The summed E-state index contributed by atoms with van der Waals surface area (Å²) in [4.78, 5) is 21.4. The lowest BCUT2D eigenvalue weighted by molar-refractivity contribution is 0.0760. The number of rotatable bonds is 3. The van der Waals surface area contributed by atoms with E-state index in [1.807, 2.05) is 38.1 Å². The van der Waals surface area contributed by atoms with Crippen molar-refractivity contribution in [2.24, 2.45) is 4.99 Å². The van der Waals surface area contributed by atoms with E-state index in [0.717, 1.165) is 28.1 Å². The molecule has 158 valence electrons. The fourth-order valence-electron chi connectivity index (χ4n) is 4.43. The summed E-state index contributed by atoms with van der Waals surface area (Å²) in [5.41, 5.74) is 5.64. The lowest BCUT2D eigenvalue weighted by atomic mass is 9.99. The Morgan fingerprint density at radius 2 is 1.94 bits per heavy atom. The van der Waals surface area contributed by atoms with Crippen molar-refractivity contribution < 1.29 is 9.18 Å². The zero-order valence-corrected chi connectivity index (χ0v) is 18.0. The zero-order valence-electron chi connectivity index (χ0n) is 17.2. The summed E-state index contributed by atoms with van der Waals surface area (Å²) < 4.78 is 14.6. The van der Waals surface area contributed by atoms with Crippen molar-refractivity contribution in [2.75, 3.05) is 6.54 Å². The molecule has 0 radical (unpaired) electrons. The minimum absolute atomic E-state index is 0.0402. The molecule has 3 aromatic rings. The molecule has 0 N–H and O–H groups in total. The molecule has 8 heteroatoms. The Balaban J connectivity index is 1.50. The fourth-order valence-corrected chi connectivity index (χ4v) is 4.60. The van der Waals surface area contributed by atoms with Crippen LogP contribution >= 0.6 is 11.6 Å². The highest BCUT2D eigenvalue weighted by atomic mass is 35.5. The highest BCUT2D eigenvalue weighted by molar-refractivity contribution is 6.31. The Hall–Kier alpha value is -3.06. The lowest BCUT2D eigenvalue weighted by Crippen LogP contribution is -2.41. The van der Waals surface area contributed by atoms with Crippen molar-refractivity contribution in [1.29, 1.82) is 0 Å². The van der Waals surface area contributed by atoms with Gasteiger partial charge in [0.15, 0.2) is 0 Å². The van der Waals surface area contributed by atoms with Crippen LogP contribution in [0.2, 0.25) is 5.02 Å². The number of alkyl halides is 1. The maximum absolute atomic E-state index is 14.6. The number of carbonyl (C=O) groups is 1. The molecule has 5 rings (SSSR count). The van der Waals surface area contributed by atoms with Crippen LogP contribution in [0.4, 0.5) is 10.1 Å². The number of amides is 1. The fraction of sp³-hybridized carbons (Fsp3) is 0.304. The van der Waals surface area contributed by atoms with Gasteiger partial charge < -0.3 is 4.90 Å². The summed E-state index contributed by atoms with van der Waals surface area (Å²) >= 11 is 6.27. The minimum Gasteiger partial charge on any atom is -0.327 e. The molecule has 2 aliphatic heterocycles. The molecule has 0 spiro atoms. The smallest absolute Gasteiger partial charge is 0.256 e. The van der Waals surface area contributed by atoms with Crippen LogP contribution in [-0.2, 0) is 6.42 Å². The molecule has 1 fully saturated rings. The van der Waals surface area contributed by atoms with Crippen molar-refractivity contribution in [3.05, 3.63) is 70.0 Å². The zero-order chi connectivity index (χ0) is 21.7. The van der Waals surface area contributed by atoms with E-state index in [1.54, 1.807) is 23.4 Å². The molecule has 6 nitrogen and oxygen atoms in total. The van der Waals surface area contributed by atoms with Crippen LogP contribution < -0.4 is 0 Å². The molecule has 1 aromatic heterocycles. The van der Waals surface area contributed by atoms with Gasteiger partial charge in [-0.15, -0.1) is 0 Å². The number of halogens is 2. The van der Waals surface area contributed by atoms with Crippen molar-refractivity contribution in [1.82, 2.24) is 19.9 Å². The Morgan fingerprint density at radius 3 is 2.71 bits per heavy atom. The third-order valence-electron chi connectivity index (χ3n) is 6.04. The van der Waals surface area contributed by atoms with Gasteiger partial charge in [0.1, 0.15) is 6.17 Å². The molecule has 2 aliphatic rings. The first kappa shape index (κ1) is 19.9. The Morgan fingerprint density at radius 1 is 1.16 bits per heavy atom. The highest BCUT2D eigenvalue weighted by Gasteiger charge is 2.41. The van der Waals surface area contributed by atoms with Crippen LogP contribution in [0.15, 0.2) is 47.7 Å². The summed E-state index contributed by atoms with van der Waals surface area (Å²) in [5, 5.41) is 9.02. The third-order valence-corrected chi connectivity index (χ3v) is 6.45. The molecule has 31 heavy (non-hydrogen) atoms. The van der Waals surface area contributed by atoms with Gasteiger partial charge in [0, 0.05) is 23.6 Å². The number of aryl methyl sites for hydroxylation is 1. The lowest BCUT2D eigenvalue weighted by Gasteiger charge is -2.25. The predicted molar refractivity (Wildman–Crippen MR) is 117 cm³/mol. The Kier molecular flexibility index (Phi) is 4.85. The molecule has 0 bridgehead atoms. The Bertz CT molecular complexity index is 1210. The molecule has 1 saturated heterocycles. The molecular formula is C23H21ClFN5O. The van der Waals surface area contributed by atoms with Gasteiger partial charge in [-0.25, -0.2) is 4.39 Å². The second-order valence-corrected chi connectivity index (χ2v) is 8.50. The average molecular weight is 438 g/mol. The van der Waals surface area contributed by atoms with Gasteiger partial charge in [-0.2, -0.15) is 15.0 Å². The van der Waals surface area contributed by atoms with E-state index in [0.29, 0.717) is 22.7 Å². The Labute approximate surface area is 184 Å². The SMILES string of the molecule is Cc1ccc(-n2nccn2)c(C(=O)N2C[C@@H](F)C[C@H]2C2=Nc3ccc(Cl)c(C)c3C2)c1. The van der Waals surface area contributed by atoms with Gasteiger partial charge in [0.2, 0.25) is 0 Å². The number of fused-ring (bicyclic) bond motifs is 1. The number of hydrogen-bond acceptors (Lipinski definition) is 4. The highest BCUT2D eigenvalue weighted by Crippen LogP contribution is 2.37. The summed E-state index contributed by atoms with van der Waals surface area (Å²) in [6.45, 7) is 3.92. The quantitative estimate of drug-likeness (QED) is 0.609. The van der Waals surface area contributed by atoms with Gasteiger partial charge in [0.25, 0.3) is 5.91 Å². The molecular weight excluding hydrogens is 417 g/mol. The van der Waals surface area contributed by atoms with Crippen molar-refractivity contribution in [3.63, 3.8) is 0 Å². The summed E-state index contributed by atoms with van der Waals surface area (Å²) in [6, 6.07) is 8.83. The van der Waals surface area contributed by atoms with Crippen LogP contribution in [-0.4, -0.2) is 50.3 Å². The monoisotopic (exact) mass is 437 g/mol. The first-order chi connectivity index (χ1) is 14.9.